The number of hydrogen-bond acceptors (Lipinski definition) is 18. The van der Waals surface area contributed by atoms with Crippen LogP contribution in [0.15, 0.2) is 24.3 Å². The molecule has 0 radical (unpaired) electrons. The van der Waals surface area contributed by atoms with Crippen molar-refractivity contribution in [3.63, 3.8) is 0 Å². The minimum Gasteiger partial charge on any atom is -0.469 e. The molecule has 12 atom stereocenters. The molecule has 0 aromatic rings. The van der Waals surface area contributed by atoms with Gasteiger partial charge in [0, 0.05) is 11.1 Å². The zero-order valence-corrected chi connectivity index (χ0v) is 26.9. The Morgan fingerprint density at radius 1 is 0.667 bits per heavy atom. The van der Waals surface area contributed by atoms with Crippen molar-refractivity contribution in [2.45, 2.75) is 61.0 Å². The second-order valence-corrected chi connectivity index (χ2v) is 13.1. The maximum Gasteiger partial charge on any atom is 0.344 e. The first kappa shape index (κ1) is 34.9. The molecular weight excluding hydrogens is 664 g/mol. The Morgan fingerprint density at radius 3 is 1.71 bits per heavy atom. The lowest BCUT2D eigenvalue weighted by Crippen LogP contribution is -2.48. The van der Waals surface area contributed by atoms with E-state index in [0.29, 0.717) is 0 Å². The van der Waals surface area contributed by atoms with Crippen LogP contribution < -0.4 is 0 Å². The normalized spacial score (nSPS) is 35.3. The quantitative estimate of drug-likeness (QED) is 0.151. The van der Waals surface area contributed by atoms with Gasteiger partial charge in [-0.15, -0.1) is 11.8 Å². The van der Waals surface area contributed by atoms with Crippen molar-refractivity contribution in [3.05, 3.63) is 24.3 Å². The molecule has 48 heavy (non-hydrogen) atoms. The maximum atomic E-state index is 12.0. The number of fused-ring (bicyclic) bond motifs is 2. The Bertz CT molecular complexity index is 1360. The summed E-state index contributed by atoms with van der Waals surface area (Å²) < 4.78 is 45.5. The van der Waals surface area contributed by atoms with Crippen LogP contribution in [0.5, 0.6) is 0 Å². The van der Waals surface area contributed by atoms with Gasteiger partial charge in [-0.2, -0.15) is 0 Å². The van der Waals surface area contributed by atoms with Crippen LogP contribution >= 0.6 is 11.8 Å². The number of carbonyl (C=O) groups is 8. The molecule has 0 amide bonds. The van der Waals surface area contributed by atoms with E-state index < -0.39 is 127 Å². The fraction of sp³-hybridized carbons (Fsp3) is 0.600. The first-order chi connectivity index (χ1) is 22.7. The molecule has 6 saturated heterocycles. The zero-order chi connectivity index (χ0) is 35.2. The van der Waals surface area contributed by atoms with Crippen LogP contribution in [0, 0.1) is 23.7 Å². The predicted molar refractivity (Wildman–Crippen MR) is 153 cm³/mol. The standard InChI is InChI=1S/C15H16O9.C15H16O8S/c1-5(2)13(17)21-4-6(16)22-11-9-7(14(18)20-3)8-10(23-9)12(11)24-15(8)19;1-5(2)13(17)21-4-6(16)22-9-10-12-8(15(19)23-10)7(11(9)24-12)14(18)20-3/h2*7-12H,1,4H2,2-3H3. The summed E-state index contributed by atoms with van der Waals surface area (Å²) in [6, 6.07) is 0. The fourth-order valence-corrected chi connectivity index (χ4v) is 8.61. The van der Waals surface area contributed by atoms with E-state index in [1.165, 1.54) is 39.8 Å². The molecule has 4 bridgehead atoms. The van der Waals surface area contributed by atoms with Gasteiger partial charge < -0.3 is 42.6 Å². The molecule has 6 heterocycles. The Kier molecular flexibility index (Phi) is 9.87. The third kappa shape index (κ3) is 6.13. The number of thioether (sulfide) groups is 1. The number of hydrogen-bond donors (Lipinski definition) is 0. The molecule has 17 nitrogen and oxygen atoms in total. The van der Waals surface area contributed by atoms with E-state index >= 15 is 0 Å². The molecule has 6 rings (SSSR count). The lowest BCUT2D eigenvalue weighted by molar-refractivity contribution is -0.169. The van der Waals surface area contributed by atoms with E-state index in [4.69, 9.17) is 42.6 Å². The Balaban J connectivity index is 0.000000188. The van der Waals surface area contributed by atoms with Gasteiger partial charge in [0.15, 0.2) is 37.6 Å². The summed E-state index contributed by atoms with van der Waals surface area (Å²) in [5, 5.41) is -0.646. The lowest BCUT2D eigenvalue weighted by Gasteiger charge is -2.28. The largest absolute Gasteiger partial charge is 0.469 e. The van der Waals surface area contributed by atoms with Crippen LogP contribution in [0.25, 0.3) is 0 Å². The summed E-state index contributed by atoms with van der Waals surface area (Å²) in [4.78, 5) is 94.2. The minimum atomic E-state index is -0.946. The van der Waals surface area contributed by atoms with E-state index in [1.54, 1.807) is 0 Å². The summed E-state index contributed by atoms with van der Waals surface area (Å²) in [5.74, 6) is -8.12. The van der Waals surface area contributed by atoms with Gasteiger partial charge in [0.2, 0.25) is 0 Å². The predicted octanol–water partition coefficient (Wildman–Crippen LogP) is -1.02. The summed E-state index contributed by atoms with van der Waals surface area (Å²) in [7, 11) is 2.44. The average Bonchev–Trinajstić information content (AvgIpc) is 3.86. The molecule has 6 aliphatic heterocycles. The molecule has 0 spiro atoms. The number of methoxy groups -OCH3 is 2. The number of carbonyl (C=O) groups excluding carboxylic acids is 8. The van der Waals surface area contributed by atoms with E-state index in [1.807, 2.05) is 0 Å². The van der Waals surface area contributed by atoms with Gasteiger partial charge >= 0.3 is 47.8 Å². The highest BCUT2D eigenvalue weighted by Gasteiger charge is 2.72. The molecule has 6 fully saturated rings. The lowest BCUT2D eigenvalue weighted by atomic mass is 9.78. The van der Waals surface area contributed by atoms with Crippen molar-refractivity contribution in [2.75, 3.05) is 27.4 Å². The van der Waals surface area contributed by atoms with Crippen molar-refractivity contribution >= 4 is 59.5 Å². The fourth-order valence-electron chi connectivity index (χ4n) is 6.62. The van der Waals surface area contributed by atoms with Crippen molar-refractivity contribution < 1.29 is 81.0 Å². The van der Waals surface area contributed by atoms with Crippen molar-refractivity contribution in [2.24, 2.45) is 23.7 Å². The first-order valence-corrected chi connectivity index (χ1v) is 15.6. The number of ether oxygens (including phenoxy) is 9. The number of esters is 8. The third-order valence-corrected chi connectivity index (χ3v) is 10.4. The average molecular weight is 697 g/mol. The third-order valence-electron chi connectivity index (χ3n) is 8.63. The Hall–Kier alpha value is -4.45. The topological polar surface area (TPSA) is 220 Å². The highest BCUT2D eigenvalue weighted by atomic mass is 32.2. The van der Waals surface area contributed by atoms with Gasteiger partial charge in [0.25, 0.3) is 0 Å². The van der Waals surface area contributed by atoms with E-state index in [-0.39, 0.29) is 16.4 Å². The van der Waals surface area contributed by atoms with E-state index in [2.05, 4.69) is 13.2 Å². The second-order valence-electron chi connectivity index (χ2n) is 11.7. The number of rotatable bonds is 10. The molecule has 6 aliphatic rings. The summed E-state index contributed by atoms with van der Waals surface area (Å²) in [6.07, 6.45) is -4.54. The molecular formula is C30H32O17S. The van der Waals surface area contributed by atoms with Crippen molar-refractivity contribution in [3.8, 4) is 0 Å². The van der Waals surface area contributed by atoms with E-state index in [9.17, 15) is 38.4 Å². The Labute approximate surface area is 276 Å². The first-order valence-electron chi connectivity index (χ1n) is 14.6. The van der Waals surface area contributed by atoms with Gasteiger partial charge in [0.05, 0.1) is 36.6 Å². The van der Waals surface area contributed by atoms with Crippen LogP contribution in [-0.2, 0) is 81.0 Å². The maximum absolute atomic E-state index is 12.0. The van der Waals surface area contributed by atoms with Crippen LogP contribution in [0.3, 0.4) is 0 Å². The van der Waals surface area contributed by atoms with Crippen molar-refractivity contribution in [1.82, 2.24) is 0 Å². The molecule has 18 heteroatoms. The van der Waals surface area contributed by atoms with Crippen LogP contribution in [0.1, 0.15) is 13.8 Å². The second kappa shape index (κ2) is 13.6. The monoisotopic (exact) mass is 696 g/mol. The van der Waals surface area contributed by atoms with Gasteiger partial charge in [-0.1, -0.05) is 13.2 Å². The summed E-state index contributed by atoms with van der Waals surface area (Å²) >= 11 is 1.40. The highest BCUT2D eigenvalue weighted by molar-refractivity contribution is 8.01. The van der Waals surface area contributed by atoms with Crippen molar-refractivity contribution in [1.29, 1.82) is 0 Å². The van der Waals surface area contributed by atoms with Gasteiger partial charge in [0.1, 0.15) is 24.0 Å². The van der Waals surface area contributed by atoms with Crippen LogP contribution in [0.4, 0.5) is 0 Å². The summed E-state index contributed by atoms with van der Waals surface area (Å²) in [5.41, 5.74) is 0.306. The molecule has 12 unspecified atom stereocenters. The van der Waals surface area contributed by atoms with Crippen LogP contribution in [-0.4, -0.2) is 122 Å². The van der Waals surface area contributed by atoms with E-state index in [0.717, 1.165) is 0 Å². The van der Waals surface area contributed by atoms with Gasteiger partial charge in [-0.25, -0.2) is 19.2 Å². The molecule has 0 aromatic carbocycles. The van der Waals surface area contributed by atoms with Gasteiger partial charge in [-0.3, -0.25) is 19.2 Å². The minimum absolute atomic E-state index is 0.143. The molecule has 0 aromatic heterocycles. The smallest absolute Gasteiger partial charge is 0.344 e. The highest BCUT2D eigenvalue weighted by Crippen LogP contribution is 2.59. The SMILES string of the molecule is C=C(C)C(=O)OCC(=O)OC1C2OC(=O)C3C2OC1C3C(=O)OC.C=C(C)C(=O)OCC(=O)OC1C2OC(=O)C3C2SC1C3C(=O)OC. The molecule has 0 N–H and O–H groups in total. The Morgan fingerprint density at radius 2 is 1.17 bits per heavy atom. The van der Waals surface area contributed by atoms with Crippen LogP contribution in [0.2, 0.25) is 0 Å². The molecule has 260 valence electrons. The molecule has 0 aliphatic carbocycles. The zero-order valence-electron chi connectivity index (χ0n) is 26.1. The molecule has 0 saturated carbocycles. The van der Waals surface area contributed by atoms with Gasteiger partial charge in [-0.05, 0) is 13.8 Å². The summed E-state index contributed by atoms with van der Waals surface area (Å²) in [6.45, 7) is 8.50.